The van der Waals surface area contributed by atoms with Crippen LogP contribution in [0.4, 0.5) is 5.95 Å². The van der Waals surface area contributed by atoms with Crippen LogP contribution in [0.2, 0.25) is 0 Å². The van der Waals surface area contributed by atoms with E-state index < -0.39 is 10.9 Å². The quantitative estimate of drug-likeness (QED) is 0.422. The number of hydrogen-bond acceptors (Lipinski definition) is 5. The van der Waals surface area contributed by atoms with Gasteiger partial charge in [0.2, 0.25) is 0 Å². The summed E-state index contributed by atoms with van der Waals surface area (Å²) >= 11 is 2.91. The molecule has 8 heteroatoms. The number of nitrogens with zero attached hydrogens (tertiary/aromatic N) is 4. The number of carbonyl (C=O) groups excluding carboxylic acids is 1. The van der Waals surface area contributed by atoms with Gasteiger partial charge in [0, 0.05) is 21.0 Å². The zero-order chi connectivity index (χ0) is 9.14. The third kappa shape index (κ3) is 1.64. The van der Waals surface area contributed by atoms with Crippen molar-refractivity contribution in [3.05, 3.63) is 14.8 Å². The zero-order valence-corrected chi connectivity index (χ0v) is 7.26. The van der Waals surface area contributed by atoms with Gasteiger partial charge in [-0.3, -0.25) is 0 Å². The summed E-state index contributed by atoms with van der Waals surface area (Å²) in [5.74, 6) is -0.524. The normalized spacial score (nSPS) is 9.75. The van der Waals surface area contributed by atoms with E-state index in [9.17, 15) is 14.9 Å². The molecule has 1 heterocycles. The smallest absolute Gasteiger partial charge is 0.390 e. The summed E-state index contributed by atoms with van der Waals surface area (Å²) in [5, 5.41) is 13.6. The Kier molecular flexibility index (Phi) is 2.48. The molecular formula is C4H3BrN4O3. The van der Waals surface area contributed by atoms with E-state index in [0.717, 1.165) is 4.68 Å². The summed E-state index contributed by atoms with van der Waals surface area (Å²) < 4.78 is 1.26. The van der Waals surface area contributed by atoms with Gasteiger partial charge < -0.3 is 14.9 Å². The Morgan fingerprint density at radius 1 is 1.75 bits per heavy atom. The van der Waals surface area contributed by atoms with Crippen LogP contribution in [0, 0.1) is 10.1 Å². The second kappa shape index (κ2) is 3.39. The molecule has 0 atom stereocenters. The van der Waals surface area contributed by atoms with Crippen molar-refractivity contribution in [1.82, 2.24) is 14.8 Å². The molecule has 1 aromatic rings. The molecule has 12 heavy (non-hydrogen) atoms. The van der Waals surface area contributed by atoms with E-state index in [4.69, 9.17) is 0 Å². The lowest BCUT2D eigenvalue weighted by atomic mass is 10.7. The van der Waals surface area contributed by atoms with Gasteiger partial charge in [0.05, 0.1) is 0 Å². The predicted octanol–water partition coefficient (Wildman–Crippen LogP) is 0.148. The predicted molar refractivity (Wildman–Crippen MR) is 40.4 cm³/mol. The highest BCUT2D eigenvalue weighted by atomic mass is 79.9. The Morgan fingerprint density at radius 3 is 2.83 bits per heavy atom. The summed E-state index contributed by atoms with van der Waals surface area (Å²) in [4.78, 5) is 22.9. The molecule has 0 aliphatic heterocycles. The van der Waals surface area contributed by atoms with Crippen LogP contribution in [0.1, 0.15) is 0 Å². The summed E-state index contributed by atoms with van der Waals surface area (Å²) in [6, 6.07) is 0. The molecule has 7 nitrogen and oxygen atoms in total. The topological polar surface area (TPSA) is 90.9 Å². The average Bonchev–Trinajstić information content (AvgIpc) is 2.34. The van der Waals surface area contributed by atoms with Gasteiger partial charge in [0.25, 0.3) is 4.73 Å². The van der Waals surface area contributed by atoms with Crippen LogP contribution < -0.4 is 0 Å². The molecule has 0 aliphatic carbocycles. The third-order valence-electron chi connectivity index (χ3n) is 1.03. The highest BCUT2D eigenvalue weighted by Gasteiger charge is 2.18. The van der Waals surface area contributed by atoms with Crippen molar-refractivity contribution < 1.29 is 9.72 Å². The second-order valence-electron chi connectivity index (χ2n) is 1.79. The summed E-state index contributed by atoms with van der Waals surface area (Å²) in [6.07, 6.45) is 0.573. The standard InChI is InChI=1S/C4H3BrN4O3/c5-3-6-4(9(11)12)7-8(3)1-2-10/h2H,1H2. The fourth-order valence-corrected chi connectivity index (χ4v) is 0.959. The molecule has 0 N–H and O–H groups in total. The van der Waals surface area contributed by atoms with Gasteiger partial charge in [-0.25, -0.2) is 0 Å². The summed E-state index contributed by atoms with van der Waals surface area (Å²) in [7, 11) is 0. The minimum atomic E-state index is -0.730. The van der Waals surface area contributed by atoms with Gasteiger partial charge in [-0.2, -0.15) is 4.68 Å². The highest BCUT2D eigenvalue weighted by Crippen LogP contribution is 2.10. The minimum Gasteiger partial charge on any atom is -0.390 e. The lowest BCUT2D eigenvalue weighted by Gasteiger charge is -1.84. The SMILES string of the molecule is O=CCn1nc([N+](=O)[O-])nc1Br. The lowest BCUT2D eigenvalue weighted by Crippen LogP contribution is -2.01. The summed E-state index contributed by atoms with van der Waals surface area (Å²) in [5.41, 5.74) is 0. The van der Waals surface area contributed by atoms with Gasteiger partial charge >= 0.3 is 5.95 Å². The first-order chi connectivity index (χ1) is 5.65. The number of aromatic nitrogens is 3. The fourth-order valence-electron chi connectivity index (χ4n) is 0.576. The Bertz CT molecular complexity index is 322. The Balaban J connectivity index is 2.99. The maximum absolute atomic E-state index is 10.1. The molecule has 0 saturated heterocycles. The van der Waals surface area contributed by atoms with Crippen LogP contribution in [0.5, 0.6) is 0 Å². The van der Waals surface area contributed by atoms with Crippen molar-refractivity contribution in [2.45, 2.75) is 6.54 Å². The largest absolute Gasteiger partial charge is 0.492 e. The second-order valence-corrected chi connectivity index (χ2v) is 2.50. The maximum atomic E-state index is 10.1. The van der Waals surface area contributed by atoms with Gasteiger partial charge in [0.1, 0.15) is 12.8 Å². The maximum Gasteiger partial charge on any atom is 0.492 e. The monoisotopic (exact) mass is 234 g/mol. The summed E-state index contributed by atoms with van der Waals surface area (Å²) in [6.45, 7) is -0.0541. The molecule has 0 amide bonds. The van der Waals surface area contributed by atoms with E-state index in [2.05, 4.69) is 26.0 Å². The number of hydrogen-bond donors (Lipinski definition) is 0. The van der Waals surface area contributed by atoms with Crippen LogP contribution in [0.25, 0.3) is 0 Å². The molecule has 0 bridgehead atoms. The van der Waals surface area contributed by atoms with Crippen LogP contribution in [-0.2, 0) is 11.3 Å². The van der Waals surface area contributed by atoms with Crippen molar-refractivity contribution in [2.24, 2.45) is 0 Å². The number of rotatable bonds is 3. The number of nitro groups is 1. The highest BCUT2D eigenvalue weighted by molar-refractivity contribution is 9.10. The third-order valence-corrected chi connectivity index (χ3v) is 1.61. The van der Waals surface area contributed by atoms with Crippen molar-refractivity contribution in [2.75, 3.05) is 0 Å². The average molecular weight is 235 g/mol. The van der Waals surface area contributed by atoms with E-state index in [1.807, 2.05) is 0 Å². The Labute approximate surface area is 74.7 Å². The molecule has 0 saturated carbocycles. The van der Waals surface area contributed by atoms with Crippen molar-refractivity contribution in [1.29, 1.82) is 0 Å². The molecule has 0 aromatic carbocycles. The van der Waals surface area contributed by atoms with Crippen molar-refractivity contribution >= 4 is 28.2 Å². The molecule has 0 unspecified atom stereocenters. The van der Waals surface area contributed by atoms with E-state index in [1.54, 1.807) is 0 Å². The van der Waals surface area contributed by atoms with Crippen LogP contribution in [0.15, 0.2) is 4.73 Å². The first kappa shape index (κ1) is 8.78. The first-order valence-electron chi connectivity index (χ1n) is 2.83. The number of carbonyl (C=O) groups is 1. The minimum absolute atomic E-state index is 0.0541. The first-order valence-corrected chi connectivity index (χ1v) is 3.63. The van der Waals surface area contributed by atoms with E-state index in [1.165, 1.54) is 0 Å². The molecule has 0 aliphatic rings. The molecular weight excluding hydrogens is 232 g/mol. The van der Waals surface area contributed by atoms with Gasteiger partial charge in [-0.05, 0) is 9.91 Å². The van der Waals surface area contributed by atoms with Crippen LogP contribution >= 0.6 is 15.9 Å². The molecule has 0 radical (unpaired) electrons. The molecule has 0 fully saturated rings. The van der Waals surface area contributed by atoms with E-state index in [-0.39, 0.29) is 11.3 Å². The lowest BCUT2D eigenvalue weighted by molar-refractivity contribution is -0.394. The zero-order valence-electron chi connectivity index (χ0n) is 5.68. The molecule has 0 spiro atoms. The van der Waals surface area contributed by atoms with Gasteiger partial charge in [-0.1, -0.05) is 0 Å². The fraction of sp³-hybridized carbons (Fsp3) is 0.250. The van der Waals surface area contributed by atoms with Crippen molar-refractivity contribution in [3.63, 3.8) is 0 Å². The molecule has 64 valence electrons. The van der Waals surface area contributed by atoms with Gasteiger partial charge in [-0.15, -0.1) is 0 Å². The van der Waals surface area contributed by atoms with Gasteiger partial charge in [0.15, 0.2) is 0 Å². The molecule has 1 aromatic heterocycles. The van der Waals surface area contributed by atoms with E-state index in [0.29, 0.717) is 6.29 Å². The Hall–Kier alpha value is -1.31. The Morgan fingerprint density at radius 2 is 2.42 bits per heavy atom. The van der Waals surface area contributed by atoms with Crippen molar-refractivity contribution in [3.8, 4) is 0 Å². The number of halogens is 1. The van der Waals surface area contributed by atoms with Crippen LogP contribution in [0.3, 0.4) is 0 Å². The molecule has 1 rings (SSSR count). The number of aldehydes is 1. The van der Waals surface area contributed by atoms with Crippen LogP contribution in [-0.4, -0.2) is 26.0 Å². The van der Waals surface area contributed by atoms with E-state index >= 15 is 0 Å².